The van der Waals surface area contributed by atoms with Gasteiger partial charge in [-0.3, -0.25) is 20.3 Å². The van der Waals surface area contributed by atoms with Gasteiger partial charge >= 0.3 is 0 Å². The molecule has 0 saturated carbocycles. The van der Waals surface area contributed by atoms with Crippen molar-refractivity contribution < 1.29 is 13.3 Å². The Hall–Kier alpha value is -2.65. The molecule has 8 nitrogen and oxygen atoms in total. The van der Waals surface area contributed by atoms with Crippen molar-refractivity contribution in [3.05, 3.63) is 57.6 Å². The van der Waals surface area contributed by atoms with Gasteiger partial charge in [0.2, 0.25) is 0 Å². The van der Waals surface area contributed by atoms with E-state index in [2.05, 4.69) is 29.1 Å². The van der Waals surface area contributed by atoms with E-state index in [0.717, 1.165) is 24.6 Å². The van der Waals surface area contributed by atoms with E-state index in [4.69, 9.17) is 11.6 Å². The second-order valence-electron chi connectivity index (χ2n) is 6.91. The Balaban J connectivity index is 2.39. The van der Waals surface area contributed by atoms with Crippen molar-refractivity contribution in [3.8, 4) is 0 Å². The first-order valence-corrected chi connectivity index (χ1v) is 10.8. The second kappa shape index (κ2) is 9.71. The van der Waals surface area contributed by atoms with Gasteiger partial charge in [-0.2, -0.15) is 5.10 Å². The molecule has 0 fully saturated rings. The summed E-state index contributed by atoms with van der Waals surface area (Å²) >= 11 is 6.03. The Kier molecular flexibility index (Phi) is 7.58. The molecule has 0 aliphatic rings. The molecular formula is C19H23ClN4O4S. The minimum Gasteiger partial charge on any atom is -0.278 e. The van der Waals surface area contributed by atoms with Gasteiger partial charge in [0.15, 0.2) is 0 Å². The standard InChI is InChI=1S/C19H23ClN4O4S/c1-13(2)8-9-14(3)21-22-18-11-10-15(24(25)26)12-19(18)29(27,28)23-17-7-5-4-6-16(17)20/h4-7,10-13,22-23H,8-9H2,1-3H3. The van der Waals surface area contributed by atoms with E-state index >= 15 is 0 Å². The molecule has 2 N–H and O–H groups in total. The number of hydrogen-bond donors (Lipinski definition) is 2. The molecule has 0 bridgehead atoms. The summed E-state index contributed by atoms with van der Waals surface area (Å²) in [6.45, 7) is 6.03. The Labute approximate surface area is 175 Å². The van der Waals surface area contributed by atoms with Gasteiger partial charge in [0.05, 0.1) is 21.3 Å². The lowest BCUT2D eigenvalue weighted by molar-refractivity contribution is -0.385. The number of nitrogens with one attached hydrogen (secondary N) is 2. The maximum atomic E-state index is 12.9. The molecule has 0 spiro atoms. The summed E-state index contributed by atoms with van der Waals surface area (Å²) < 4.78 is 28.2. The summed E-state index contributed by atoms with van der Waals surface area (Å²) in [5.41, 5.74) is 3.46. The predicted molar refractivity (Wildman–Crippen MR) is 116 cm³/mol. The van der Waals surface area contributed by atoms with Crippen LogP contribution in [-0.4, -0.2) is 19.1 Å². The zero-order valence-electron chi connectivity index (χ0n) is 16.3. The zero-order valence-corrected chi connectivity index (χ0v) is 17.9. The fourth-order valence-corrected chi connectivity index (χ4v) is 3.89. The van der Waals surface area contributed by atoms with Crippen LogP contribution in [0.2, 0.25) is 5.02 Å². The third kappa shape index (κ3) is 6.43. The summed E-state index contributed by atoms with van der Waals surface area (Å²) in [5, 5.41) is 15.6. The topological polar surface area (TPSA) is 114 Å². The molecule has 0 radical (unpaired) electrons. The monoisotopic (exact) mass is 438 g/mol. The molecule has 2 aromatic rings. The van der Waals surface area contributed by atoms with Crippen molar-refractivity contribution in [2.75, 3.05) is 10.1 Å². The first-order chi connectivity index (χ1) is 13.6. The SMILES string of the molecule is CC(CCC(C)C)=NNc1ccc([N+](=O)[O-])cc1S(=O)(=O)Nc1ccccc1Cl. The van der Waals surface area contributed by atoms with Crippen LogP contribution in [0.25, 0.3) is 0 Å². The van der Waals surface area contributed by atoms with Crippen LogP contribution < -0.4 is 10.1 Å². The molecule has 0 heterocycles. The second-order valence-corrected chi connectivity index (χ2v) is 8.97. The smallest absolute Gasteiger partial charge is 0.270 e. The number of nitro groups is 1. The molecule has 0 unspecified atom stereocenters. The highest BCUT2D eigenvalue weighted by molar-refractivity contribution is 7.93. The Morgan fingerprint density at radius 3 is 2.52 bits per heavy atom. The first kappa shape index (κ1) is 22.6. The van der Waals surface area contributed by atoms with Gasteiger partial charge in [0, 0.05) is 17.8 Å². The highest BCUT2D eigenvalue weighted by Gasteiger charge is 2.23. The van der Waals surface area contributed by atoms with Crippen molar-refractivity contribution in [2.45, 2.75) is 38.5 Å². The number of hydrazone groups is 1. The van der Waals surface area contributed by atoms with Gasteiger partial charge in [-0.25, -0.2) is 8.42 Å². The maximum absolute atomic E-state index is 12.9. The Bertz CT molecular complexity index is 1020. The van der Waals surface area contributed by atoms with Crippen LogP contribution in [0.4, 0.5) is 17.1 Å². The van der Waals surface area contributed by atoms with E-state index in [1.807, 2.05) is 6.92 Å². The van der Waals surface area contributed by atoms with Crippen LogP contribution in [-0.2, 0) is 10.0 Å². The zero-order chi connectivity index (χ0) is 21.6. The van der Waals surface area contributed by atoms with E-state index in [1.165, 1.54) is 24.3 Å². The number of hydrogen-bond acceptors (Lipinski definition) is 6. The molecule has 10 heteroatoms. The Morgan fingerprint density at radius 2 is 1.90 bits per heavy atom. The van der Waals surface area contributed by atoms with Crippen molar-refractivity contribution in [2.24, 2.45) is 11.0 Å². The van der Waals surface area contributed by atoms with Gasteiger partial charge < -0.3 is 0 Å². The average Bonchev–Trinajstić information content (AvgIpc) is 2.66. The summed E-state index contributed by atoms with van der Waals surface area (Å²) in [7, 11) is -4.17. The molecular weight excluding hydrogens is 416 g/mol. The van der Waals surface area contributed by atoms with Gasteiger partial charge in [-0.05, 0) is 43.9 Å². The molecule has 0 atom stereocenters. The summed E-state index contributed by atoms with van der Waals surface area (Å²) in [6.07, 6.45) is 1.69. The number of halogens is 1. The number of nitro benzene ring substituents is 1. The molecule has 0 aromatic heterocycles. The van der Waals surface area contributed by atoms with Gasteiger partial charge in [0.25, 0.3) is 15.7 Å². The van der Waals surface area contributed by atoms with E-state index in [9.17, 15) is 18.5 Å². The first-order valence-electron chi connectivity index (χ1n) is 8.95. The Morgan fingerprint density at radius 1 is 1.21 bits per heavy atom. The normalized spacial score (nSPS) is 12.1. The summed E-state index contributed by atoms with van der Waals surface area (Å²) in [5.74, 6) is 0.510. The van der Waals surface area contributed by atoms with Crippen molar-refractivity contribution >= 4 is 44.4 Å². The molecule has 156 valence electrons. The van der Waals surface area contributed by atoms with Gasteiger partial charge in [0.1, 0.15) is 4.90 Å². The largest absolute Gasteiger partial charge is 0.278 e. The van der Waals surface area contributed by atoms with E-state index < -0.39 is 14.9 Å². The summed E-state index contributed by atoms with van der Waals surface area (Å²) in [4.78, 5) is 10.2. The average molecular weight is 439 g/mol. The lowest BCUT2D eigenvalue weighted by Crippen LogP contribution is -2.15. The number of anilines is 2. The highest BCUT2D eigenvalue weighted by atomic mass is 35.5. The minimum atomic E-state index is -4.17. The molecule has 29 heavy (non-hydrogen) atoms. The molecule has 0 saturated heterocycles. The number of rotatable bonds is 9. The quantitative estimate of drug-likeness (QED) is 0.314. The fourth-order valence-electron chi connectivity index (χ4n) is 2.39. The lowest BCUT2D eigenvalue weighted by Gasteiger charge is -2.13. The van der Waals surface area contributed by atoms with E-state index in [0.29, 0.717) is 5.92 Å². The van der Waals surface area contributed by atoms with Crippen LogP contribution in [0.1, 0.15) is 33.6 Å². The van der Waals surface area contributed by atoms with Crippen LogP contribution in [0.5, 0.6) is 0 Å². The minimum absolute atomic E-state index is 0.124. The molecule has 0 amide bonds. The van der Waals surface area contributed by atoms with Crippen molar-refractivity contribution in [3.63, 3.8) is 0 Å². The highest BCUT2D eigenvalue weighted by Crippen LogP contribution is 2.30. The molecule has 2 aromatic carbocycles. The van der Waals surface area contributed by atoms with E-state index in [1.54, 1.807) is 12.1 Å². The van der Waals surface area contributed by atoms with Crippen LogP contribution >= 0.6 is 11.6 Å². The molecule has 2 rings (SSSR count). The molecule has 0 aliphatic heterocycles. The maximum Gasteiger partial charge on any atom is 0.270 e. The fraction of sp³-hybridized carbons (Fsp3) is 0.316. The number of non-ortho nitro benzene ring substituents is 1. The third-order valence-electron chi connectivity index (χ3n) is 4.03. The van der Waals surface area contributed by atoms with Crippen molar-refractivity contribution in [1.29, 1.82) is 0 Å². The van der Waals surface area contributed by atoms with Crippen LogP contribution in [0, 0.1) is 16.0 Å². The van der Waals surface area contributed by atoms with Gasteiger partial charge in [-0.15, -0.1) is 0 Å². The lowest BCUT2D eigenvalue weighted by atomic mass is 10.1. The number of para-hydroxylation sites is 1. The molecule has 0 aliphatic carbocycles. The van der Waals surface area contributed by atoms with Crippen LogP contribution in [0.15, 0.2) is 52.5 Å². The van der Waals surface area contributed by atoms with Crippen LogP contribution in [0.3, 0.4) is 0 Å². The van der Waals surface area contributed by atoms with Crippen molar-refractivity contribution in [1.82, 2.24) is 0 Å². The summed E-state index contributed by atoms with van der Waals surface area (Å²) in [6, 6.07) is 9.84. The predicted octanol–water partition coefficient (Wildman–Crippen LogP) is 5.27. The number of nitrogens with zero attached hydrogens (tertiary/aromatic N) is 2. The van der Waals surface area contributed by atoms with E-state index in [-0.39, 0.29) is 27.0 Å². The number of sulfonamides is 1. The number of benzene rings is 2. The van der Waals surface area contributed by atoms with Gasteiger partial charge in [-0.1, -0.05) is 37.6 Å². The third-order valence-corrected chi connectivity index (χ3v) is 5.77.